The highest BCUT2D eigenvalue weighted by Crippen LogP contribution is 2.21. The lowest BCUT2D eigenvalue weighted by atomic mass is 10.2. The largest absolute Gasteiger partial charge is 0.299 e. The van der Waals surface area contributed by atoms with Gasteiger partial charge in [0.2, 0.25) is 0 Å². The minimum absolute atomic E-state index is 0.940. The summed E-state index contributed by atoms with van der Waals surface area (Å²) >= 11 is 1.90. The summed E-state index contributed by atoms with van der Waals surface area (Å²) in [5.41, 5.74) is 3.97. The van der Waals surface area contributed by atoms with Gasteiger partial charge >= 0.3 is 0 Å². The van der Waals surface area contributed by atoms with Crippen LogP contribution in [0.1, 0.15) is 41.5 Å². The van der Waals surface area contributed by atoms with Gasteiger partial charge < -0.3 is 0 Å². The molecule has 1 saturated heterocycles. The molecule has 1 fully saturated rings. The first kappa shape index (κ1) is 16.7. The number of nitrogens with zero attached hydrogens (tertiary/aromatic N) is 4. The molecular formula is C18H28N4S. The SMILES string of the molecule is CCn1cc(CN(C)Cc2cc(CN3CCCC3)cs2)c(C)n1. The maximum Gasteiger partial charge on any atom is 0.0638 e. The van der Waals surface area contributed by atoms with Crippen LogP contribution >= 0.6 is 11.3 Å². The van der Waals surface area contributed by atoms with E-state index in [0.717, 1.165) is 31.9 Å². The van der Waals surface area contributed by atoms with Gasteiger partial charge in [0.15, 0.2) is 0 Å². The maximum atomic E-state index is 4.54. The van der Waals surface area contributed by atoms with E-state index in [0.29, 0.717) is 0 Å². The van der Waals surface area contributed by atoms with Crippen molar-refractivity contribution in [2.75, 3.05) is 20.1 Å². The number of hydrogen-bond acceptors (Lipinski definition) is 4. The van der Waals surface area contributed by atoms with E-state index >= 15 is 0 Å². The van der Waals surface area contributed by atoms with Crippen molar-refractivity contribution in [2.45, 2.75) is 52.9 Å². The predicted molar refractivity (Wildman–Crippen MR) is 96.6 cm³/mol. The summed E-state index contributed by atoms with van der Waals surface area (Å²) in [5, 5.41) is 6.87. The Morgan fingerprint density at radius 1 is 1.26 bits per heavy atom. The predicted octanol–water partition coefficient (Wildman–Crippen LogP) is 3.50. The zero-order valence-electron chi connectivity index (χ0n) is 14.6. The lowest BCUT2D eigenvalue weighted by Crippen LogP contribution is -2.18. The first-order valence-corrected chi connectivity index (χ1v) is 9.52. The van der Waals surface area contributed by atoms with Gasteiger partial charge in [0, 0.05) is 42.8 Å². The van der Waals surface area contributed by atoms with E-state index in [9.17, 15) is 0 Å². The Kier molecular flexibility index (Phi) is 5.51. The smallest absolute Gasteiger partial charge is 0.0638 e. The summed E-state index contributed by atoms with van der Waals surface area (Å²) in [7, 11) is 2.20. The van der Waals surface area contributed by atoms with E-state index in [1.807, 2.05) is 16.0 Å². The lowest BCUT2D eigenvalue weighted by molar-refractivity contribution is 0.320. The third-order valence-electron chi connectivity index (χ3n) is 4.55. The molecule has 0 unspecified atom stereocenters. The Morgan fingerprint density at radius 2 is 2.04 bits per heavy atom. The van der Waals surface area contributed by atoms with Crippen molar-refractivity contribution >= 4 is 11.3 Å². The molecule has 4 nitrogen and oxygen atoms in total. The zero-order chi connectivity index (χ0) is 16.2. The summed E-state index contributed by atoms with van der Waals surface area (Å²) in [6.45, 7) is 10.8. The molecule has 0 aromatic carbocycles. The van der Waals surface area contributed by atoms with Gasteiger partial charge in [-0.2, -0.15) is 5.10 Å². The van der Waals surface area contributed by atoms with Crippen molar-refractivity contribution in [2.24, 2.45) is 0 Å². The van der Waals surface area contributed by atoms with Gasteiger partial charge in [-0.15, -0.1) is 11.3 Å². The molecule has 0 aliphatic carbocycles. The van der Waals surface area contributed by atoms with E-state index in [1.54, 1.807) is 0 Å². The van der Waals surface area contributed by atoms with Crippen molar-refractivity contribution in [1.82, 2.24) is 19.6 Å². The highest BCUT2D eigenvalue weighted by molar-refractivity contribution is 7.10. The van der Waals surface area contributed by atoms with E-state index in [-0.39, 0.29) is 0 Å². The monoisotopic (exact) mass is 332 g/mol. The van der Waals surface area contributed by atoms with Crippen LogP contribution in [0, 0.1) is 6.92 Å². The van der Waals surface area contributed by atoms with Gasteiger partial charge in [-0.25, -0.2) is 0 Å². The van der Waals surface area contributed by atoms with E-state index in [4.69, 9.17) is 0 Å². The molecule has 0 bridgehead atoms. The van der Waals surface area contributed by atoms with Crippen molar-refractivity contribution < 1.29 is 0 Å². The van der Waals surface area contributed by atoms with Crippen LogP contribution in [0.15, 0.2) is 17.6 Å². The Morgan fingerprint density at radius 3 is 2.74 bits per heavy atom. The van der Waals surface area contributed by atoms with Gasteiger partial charge in [0.1, 0.15) is 0 Å². The summed E-state index contributed by atoms with van der Waals surface area (Å²) in [5.74, 6) is 0. The molecule has 0 amide bonds. The molecule has 5 heteroatoms. The Bertz CT molecular complexity index is 625. The van der Waals surface area contributed by atoms with Crippen molar-refractivity contribution in [3.8, 4) is 0 Å². The number of hydrogen-bond donors (Lipinski definition) is 0. The molecule has 0 N–H and O–H groups in total. The van der Waals surface area contributed by atoms with Crippen LogP contribution in [-0.4, -0.2) is 39.7 Å². The topological polar surface area (TPSA) is 24.3 Å². The molecule has 2 aromatic heterocycles. The fraction of sp³-hybridized carbons (Fsp3) is 0.611. The van der Waals surface area contributed by atoms with Crippen LogP contribution in [0.2, 0.25) is 0 Å². The molecule has 1 aliphatic rings. The highest BCUT2D eigenvalue weighted by Gasteiger charge is 2.13. The standard InChI is InChI=1S/C18H28N4S/c1-4-22-12-17(15(2)19-22)11-20(3)13-18-9-16(14-23-18)10-21-7-5-6-8-21/h9,12,14H,4-8,10-11,13H2,1-3H3. The summed E-state index contributed by atoms with van der Waals surface area (Å²) in [6, 6.07) is 2.39. The van der Waals surface area contributed by atoms with E-state index < -0.39 is 0 Å². The molecule has 23 heavy (non-hydrogen) atoms. The zero-order valence-corrected chi connectivity index (χ0v) is 15.4. The number of rotatable bonds is 7. The fourth-order valence-corrected chi connectivity index (χ4v) is 4.24. The summed E-state index contributed by atoms with van der Waals surface area (Å²) in [6.07, 6.45) is 4.91. The molecular weight excluding hydrogens is 304 g/mol. The van der Waals surface area contributed by atoms with Gasteiger partial charge in [-0.3, -0.25) is 14.5 Å². The van der Waals surface area contributed by atoms with Crippen LogP contribution in [0.5, 0.6) is 0 Å². The van der Waals surface area contributed by atoms with Crippen molar-refractivity contribution in [1.29, 1.82) is 0 Å². The average Bonchev–Trinajstić information content (AvgIpc) is 3.23. The first-order valence-electron chi connectivity index (χ1n) is 8.64. The quantitative estimate of drug-likeness (QED) is 0.775. The average molecular weight is 333 g/mol. The highest BCUT2D eigenvalue weighted by atomic mass is 32.1. The lowest BCUT2D eigenvalue weighted by Gasteiger charge is -2.15. The van der Waals surface area contributed by atoms with E-state index in [2.05, 4.69) is 53.4 Å². The third-order valence-corrected chi connectivity index (χ3v) is 5.52. The Balaban J connectivity index is 1.53. The van der Waals surface area contributed by atoms with Crippen molar-refractivity contribution in [3.05, 3.63) is 39.3 Å². The molecule has 3 rings (SSSR count). The molecule has 0 saturated carbocycles. The summed E-state index contributed by atoms with van der Waals surface area (Å²) < 4.78 is 2.03. The third kappa shape index (κ3) is 4.43. The second kappa shape index (κ2) is 7.60. The number of aryl methyl sites for hydroxylation is 2. The first-order chi connectivity index (χ1) is 11.1. The molecule has 0 spiro atoms. The van der Waals surface area contributed by atoms with Crippen LogP contribution in [0.25, 0.3) is 0 Å². The minimum atomic E-state index is 0.940. The second-order valence-corrected chi connectivity index (χ2v) is 7.67. The van der Waals surface area contributed by atoms with Gasteiger partial charge in [-0.05, 0) is 63.8 Å². The molecule has 126 valence electrons. The van der Waals surface area contributed by atoms with Crippen LogP contribution < -0.4 is 0 Å². The van der Waals surface area contributed by atoms with Crippen LogP contribution in [0.4, 0.5) is 0 Å². The van der Waals surface area contributed by atoms with Gasteiger partial charge in [0.25, 0.3) is 0 Å². The molecule has 0 radical (unpaired) electrons. The van der Waals surface area contributed by atoms with Crippen LogP contribution in [0.3, 0.4) is 0 Å². The normalized spacial score (nSPS) is 15.8. The minimum Gasteiger partial charge on any atom is -0.299 e. The summed E-state index contributed by atoms with van der Waals surface area (Å²) in [4.78, 5) is 6.41. The number of thiophene rings is 1. The van der Waals surface area contributed by atoms with Crippen LogP contribution in [-0.2, 0) is 26.2 Å². The Labute approximate surface area is 143 Å². The molecule has 2 aromatic rings. The molecule has 3 heterocycles. The van der Waals surface area contributed by atoms with Crippen molar-refractivity contribution in [3.63, 3.8) is 0 Å². The maximum absolute atomic E-state index is 4.54. The second-order valence-electron chi connectivity index (χ2n) is 6.67. The fourth-order valence-electron chi connectivity index (χ4n) is 3.28. The van der Waals surface area contributed by atoms with E-state index in [1.165, 1.54) is 41.9 Å². The van der Waals surface area contributed by atoms with Gasteiger partial charge in [-0.1, -0.05) is 0 Å². The Hall–Kier alpha value is -1.17. The molecule has 0 atom stereocenters. The number of aromatic nitrogens is 2. The molecule has 1 aliphatic heterocycles. The number of likely N-dealkylation sites (tertiary alicyclic amines) is 1. The van der Waals surface area contributed by atoms with Gasteiger partial charge in [0.05, 0.1) is 5.69 Å².